The number of nitrogens with zero attached hydrogens (tertiary/aromatic N) is 3. The summed E-state index contributed by atoms with van der Waals surface area (Å²) in [6.07, 6.45) is 0. The Kier molecular flexibility index (Phi) is 4.01. The van der Waals surface area contributed by atoms with Gasteiger partial charge in [0.05, 0.1) is 11.7 Å². The molecule has 0 aliphatic heterocycles. The first-order valence-corrected chi connectivity index (χ1v) is 6.49. The van der Waals surface area contributed by atoms with E-state index in [0.29, 0.717) is 9.63 Å². The molecule has 1 aromatic heterocycles. The summed E-state index contributed by atoms with van der Waals surface area (Å²) in [6.45, 7) is 1.99. The summed E-state index contributed by atoms with van der Waals surface area (Å²) in [7, 11) is 1.81. The van der Waals surface area contributed by atoms with Gasteiger partial charge in [0.15, 0.2) is 4.60 Å². The minimum Gasteiger partial charge on any atom is -0.271 e. The summed E-state index contributed by atoms with van der Waals surface area (Å²) < 4.78 is 2.30. The lowest BCUT2D eigenvalue weighted by molar-refractivity contribution is 0.569. The van der Waals surface area contributed by atoms with Gasteiger partial charge >= 0.3 is 0 Å². The van der Waals surface area contributed by atoms with E-state index in [9.17, 15) is 0 Å². The molecule has 1 heterocycles. The topological polar surface area (TPSA) is 68.8 Å². The molecule has 7 heteroatoms. The maximum absolute atomic E-state index is 6.26. The highest BCUT2D eigenvalue weighted by atomic mass is 79.9. The molecule has 0 spiro atoms. The van der Waals surface area contributed by atoms with Crippen molar-refractivity contribution in [3.8, 4) is 0 Å². The highest BCUT2D eigenvalue weighted by Gasteiger charge is 2.22. The van der Waals surface area contributed by atoms with Crippen LogP contribution in [0.15, 0.2) is 22.8 Å². The molecule has 0 amide bonds. The van der Waals surface area contributed by atoms with Crippen LogP contribution in [0.2, 0.25) is 5.02 Å². The van der Waals surface area contributed by atoms with Crippen LogP contribution in [0.4, 0.5) is 0 Å². The molecule has 1 aromatic carbocycles. The van der Waals surface area contributed by atoms with Crippen LogP contribution in [0.25, 0.3) is 0 Å². The van der Waals surface area contributed by atoms with Gasteiger partial charge in [0, 0.05) is 12.1 Å². The van der Waals surface area contributed by atoms with Crippen LogP contribution in [-0.2, 0) is 7.05 Å². The molecule has 5 nitrogen and oxygen atoms in total. The second-order valence-electron chi connectivity index (χ2n) is 4.01. The molecule has 1 unspecified atom stereocenters. The lowest BCUT2D eigenvalue weighted by Crippen LogP contribution is -2.30. The first-order valence-electron chi connectivity index (χ1n) is 5.32. The molecule has 0 aliphatic rings. The molecule has 0 saturated heterocycles. The zero-order valence-corrected chi connectivity index (χ0v) is 12.3. The van der Waals surface area contributed by atoms with E-state index in [0.717, 1.165) is 16.8 Å². The Labute approximate surface area is 118 Å². The zero-order valence-electron chi connectivity index (χ0n) is 9.98. The fourth-order valence-corrected chi connectivity index (χ4v) is 2.73. The van der Waals surface area contributed by atoms with Gasteiger partial charge in [0.1, 0.15) is 0 Å². The molecule has 3 N–H and O–H groups in total. The third kappa shape index (κ3) is 2.42. The van der Waals surface area contributed by atoms with Crippen molar-refractivity contribution in [1.29, 1.82) is 0 Å². The van der Waals surface area contributed by atoms with Crippen molar-refractivity contribution in [2.45, 2.75) is 13.0 Å². The first-order chi connectivity index (χ1) is 8.54. The average Bonchev–Trinajstić information content (AvgIpc) is 2.64. The summed E-state index contributed by atoms with van der Waals surface area (Å²) in [5, 5.41) is 8.55. The van der Waals surface area contributed by atoms with Gasteiger partial charge in [-0.25, -0.2) is 10.1 Å². The van der Waals surface area contributed by atoms with E-state index in [1.807, 2.05) is 25.1 Å². The summed E-state index contributed by atoms with van der Waals surface area (Å²) in [6, 6.07) is 5.57. The van der Waals surface area contributed by atoms with Gasteiger partial charge in [0.2, 0.25) is 0 Å². The summed E-state index contributed by atoms with van der Waals surface area (Å²) in [5.74, 6) is 5.64. The van der Waals surface area contributed by atoms with Crippen LogP contribution in [0, 0.1) is 6.92 Å². The van der Waals surface area contributed by atoms with Crippen LogP contribution < -0.4 is 11.3 Å². The number of nitrogens with one attached hydrogen (secondary N) is 1. The Balaban J connectivity index is 2.52. The van der Waals surface area contributed by atoms with E-state index in [1.54, 1.807) is 11.7 Å². The maximum Gasteiger partial charge on any atom is 0.153 e. The summed E-state index contributed by atoms with van der Waals surface area (Å²) in [5.41, 5.74) is 5.55. The maximum atomic E-state index is 6.26. The number of aryl methyl sites for hydroxylation is 2. The normalized spacial score (nSPS) is 12.7. The number of rotatable bonds is 3. The van der Waals surface area contributed by atoms with Gasteiger partial charge in [-0.05, 0) is 40.0 Å². The number of hydrogen-bond acceptors (Lipinski definition) is 4. The van der Waals surface area contributed by atoms with E-state index >= 15 is 0 Å². The number of nitrogens with two attached hydrogens (primary N) is 1. The highest BCUT2D eigenvalue weighted by Crippen LogP contribution is 2.31. The third-order valence-electron chi connectivity index (χ3n) is 2.73. The molecular weight excluding hydrogens is 318 g/mol. The fraction of sp³-hybridized carbons (Fsp3) is 0.273. The van der Waals surface area contributed by atoms with Crippen LogP contribution in [0.3, 0.4) is 0 Å². The SMILES string of the molecule is Cc1ccc(C(NN)c2c(Br)nnn2C)c(Cl)c1. The molecule has 0 fully saturated rings. The molecule has 2 aromatic rings. The van der Waals surface area contributed by atoms with Crippen molar-refractivity contribution < 1.29 is 0 Å². The van der Waals surface area contributed by atoms with Gasteiger partial charge in [0.25, 0.3) is 0 Å². The lowest BCUT2D eigenvalue weighted by atomic mass is 10.0. The minimum absolute atomic E-state index is 0.271. The molecular formula is C11H13BrClN5. The average molecular weight is 331 g/mol. The van der Waals surface area contributed by atoms with Gasteiger partial charge < -0.3 is 0 Å². The van der Waals surface area contributed by atoms with Gasteiger partial charge in [-0.1, -0.05) is 28.9 Å². The second kappa shape index (κ2) is 5.36. The van der Waals surface area contributed by atoms with E-state index in [-0.39, 0.29) is 6.04 Å². The van der Waals surface area contributed by atoms with Crippen molar-refractivity contribution >= 4 is 27.5 Å². The standard InChI is InChI=1S/C11H13BrClN5/c1-6-3-4-7(8(13)5-6)9(15-14)10-11(12)16-17-18(10)2/h3-5,9,15H,14H2,1-2H3. The molecule has 18 heavy (non-hydrogen) atoms. The third-order valence-corrected chi connectivity index (χ3v) is 3.63. The Morgan fingerprint density at radius 1 is 1.50 bits per heavy atom. The van der Waals surface area contributed by atoms with Crippen molar-refractivity contribution in [1.82, 2.24) is 20.4 Å². The molecule has 2 rings (SSSR count). The number of aromatic nitrogens is 3. The highest BCUT2D eigenvalue weighted by molar-refractivity contribution is 9.10. The fourth-order valence-electron chi connectivity index (χ4n) is 1.83. The zero-order chi connectivity index (χ0) is 13.3. The summed E-state index contributed by atoms with van der Waals surface area (Å²) >= 11 is 9.63. The molecule has 96 valence electrons. The largest absolute Gasteiger partial charge is 0.271 e. The Bertz CT molecular complexity index is 549. The van der Waals surface area contributed by atoms with Crippen molar-refractivity contribution in [3.05, 3.63) is 44.6 Å². The molecule has 0 radical (unpaired) electrons. The Hall–Kier alpha value is -0.950. The molecule has 0 saturated carbocycles. The van der Waals surface area contributed by atoms with Gasteiger partial charge in [-0.15, -0.1) is 5.10 Å². The van der Waals surface area contributed by atoms with Crippen molar-refractivity contribution in [2.24, 2.45) is 12.9 Å². The quantitative estimate of drug-likeness (QED) is 0.668. The lowest BCUT2D eigenvalue weighted by Gasteiger charge is -2.18. The predicted octanol–water partition coefficient (Wildman–Crippen LogP) is 2.09. The smallest absolute Gasteiger partial charge is 0.153 e. The van der Waals surface area contributed by atoms with E-state index in [2.05, 4.69) is 31.7 Å². The number of hydrazine groups is 1. The van der Waals surface area contributed by atoms with Crippen LogP contribution in [0.1, 0.15) is 22.9 Å². The van der Waals surface area contributed by atoms with Crippen molar-refractivity contribution in [2.75, 3.05) is 0 Å². The van der Waals surface area contributed by atoms with Gasteiger partial charge in [-0.3, -0.25) is 5.84 Å². The summed E-state index contributed by atoms with van der Waals surface area (Å²) in [4.78, 5) is 0. The molecule has 0 bridgehead atoms. The first kappa shape index (κ1) is 13.5. The Morgan fingerprint density at radius 2 is 2.22 bits per heavy atom. The van der Waals surface area contributed by atoms with E-state index < -0.39 is 0 Å². The number of benzene rings is 1. The van der Waals surface area contributed by atoms with E-state index in [4.69, 9.17) is 17.4 Å². The monoisotopic (exact) mass is 329 g/mol. The molecule has 0 aliphatic carbocycles. The number of halogens is 2. The van der Waals surface area contributed by atoms with Crippen molar-refractivity contribution in [3.63, 3.8) is 0 Å². The second-order valence-corrected chi connectivity index (χ2v) is 5.17. The van der Waals surface area contributed by atoms with E-state index in [1.165, 1.54) is 0 Å². The van der Waals surface area contributed by atoms with Crippen LogP contribution in [-0.4, -0.2) is 15.0 Å². The number of hydrogen-bond donors (Lipinski definition) is 2. The van der Waals surface area contributed by atoms with Crippen LogP contribution in [0.5, 0.6) is 0 Å². The minimum atomic E-state index is -0.271. The van der Waals surface area contributed by atoms with Gasteiger partial charge in [-0.2, -0.15) is 0 Å². The predicted molar refractivity (Wildman–Crippen MR) is 74.1 cm³/mol. The Morgan fingerprint density at radius 3 is 2.72 bits per heavy atom. The molecule has 1 atom stereocenters. The van der Waals surface area contributed by atoms with Crippen LogP contribution >= 0.6 is 27.5 Å².